The van der Waals surface area contributed by atoms with E-state index in [0.29, 0.717) is 28.0 Å². The first-order valence-corrected chi connectivity index (χ1v) is 20.3. The number of halogens is 20. The molecule has 75 heavy (non-hydrogen) atoms. The number of rotatable bonds is 9. The first-order chi connectivity index (χ1) is 35.4. The minimum atomic E-state index is -7.22. The van der Waals surface area contributed by atoms with E-state index in [2.05, 4.69) is 0 Å². The second-order valence-corrected chi connectivity index (χ2v) is 15.5. The summed E-state index contributed by atoms with van der Waals surface area (Å²) in [7, 11) is 0. The topological polar surface area (TPSA) is 71.0 Å². The second kappa shape index (κ2) is 20.6. The fraction of sp³-hybridized carbons (Fsp3) is 0.0204. The molecule has 0 radical (unpaired) electrons. The van der Waals surface area contributed by atoms with Crippen LogP contribution in [0.1, 0.15) is 26.4 Å². The minimum Gasteiger partial charge on any atom is -0.419 e. The normalized spacial score (nSPS) is 11.3. The Morgan fingerprint density at radius 3 is 1.12 bits per heavy atom. The van der Waals surface area contributed by atoms with Crippen molar-refractivity contribution < 1.29 is 107 Å². The predicted octanol–water partition coefficient (Wildman–Crippen LogP) is 9.95. The van der Waals surface area contributed by atoms with Crippen molar-refractivity contribution in [1.82, 2.24) is 0 Å². The smallest absolute Gasteiger partial charge is 0.409 e. The Morgan fingerprint density at radius 2 is 0.760 bits per heavy atom. The summed E-state index contributed by atoms with van der Waals surface area (Å²) in [6.45, 7) is 0.00660. The van der Waals surface area contributed by atoms with Crippen molar-refractivity contribution in [3.63, 3.8) is 0 Å². The number of nitrogens with zero attached hydrogens (tertiary/aromatic N) is 2. The van der Waals surface area contributed by atoms with Crippen molar-refractivity contribution in [2.75, 3.05) is 0 Å². The van der Waals surface area contributed by atoms with E-state index in [1.165, 1.54) is 0 Å². The number of carbonyl (C=O) groups is 2. The minimum absolute atomic E-state index is 0.00660. The van der Waals surface area contributed by atoms with Crippen molar-refractivity contribution in [1.29, 1.82) is 5.26 Å². The largest absolute Gasteiger partial charge is 0.419 e. The van der Waals surface area contributed by atoms with E-state index in [9.17, 15) is 62.3 Å². The number of nitriles is 1. The molecule has 7 aromatic carbocycles. The fourth-order valence-corrected chi connectivity index (χ4v) is 8.11. The van der Waals surface area contributed by atoms with Gasteiger partial charge in [-0.25, -0.2) is 92.6 Å². The zero-order valence-electron chi connectivity index (χ0n) is 36.1. The molecule has 384 valence electrons. The van der Waals surface area contributed by atoms with Gasteiger partial charge in [-0.15, -0.1) is 21.9 Å². The number of benzene rings is 7. The molecule has 0 atom stereocenters. The third-order valence-corrected chi connectivity index (χ3v) is 11.4. The van der Waals surface area contributed by atoms with Crippen LogP contribution in [0, 0.1) is 128 Å². The molecule has 5 nitrogen and oxygen atoms in total. The molecule has 0 aliphatic heterocycles. The number of ether oxygens (including phenoxy) is 1. The van der Waals surface area contributed by atoms with E-state index in [0.717, 1.165) is 5.39 Å². The Labute approximate surface area is 404 Å². The lowest BCUT2D eigenvalue weighted by atomic mass is 9.12. The van der Waals surface area contributed by atoms with Crippen molar-refractivity contribution in [3.05, 3.63) is 224 Å². The maximum absolute atomic E-state index is 15.4. The Bertz CT molecular complexity index is 3340. The van der Waals surface area contributed by atoms with Crippen LogP contribution in [0.15, 0.2) is 91.1 Å². The molecule has 0 aliphatic rings. The first kappa shape index (κ1) is 54.0. The molecular formula is C49H17BF20N2O3. The monoisotopic (exact) mass is 1070 g/mol. The van der Waals surface area contributed by atoms with E-state index in [1.54, 1.807) is 59.3 Å². The number of pyridine rings is 1. The van der Waals surface area contributed by atoms with Gasteiger partial charge < -0.3 is 4.74 Å². The average molecular weight is 1070 g/mol. The van der Waals surface area contributed by atoms with Gasteiger partial charge in [-0.05, 0) is 35.7 Å². The van der Waals surface area contributed by atoms with Crippen LogP contribution in [0.3, 0.4) is 0 Å². The third kappa shape index (κ3) is 8.90. The summed E-state index contributed by atoms with van der Waals surface area (Å²) in [5.74, 6) is -71.8. The second-order valence-electron chi connectivity index (χ2n) is 15.5. The number of hydrogen-bond acceptors (Lipinski definition) is 4. The third-order valence-electron chi connectivity index (χ3n) is 11.4. The Hall–Kier alpha value is -8.76. The molecule has 0 bridgehead atoms. The van der Waals surface area contributed by atoms with Gasteiger partial charge in [0.15, 0.2) is 76.0 Å². The zero-order valence-corrected chi connectivity index (χ0v) is 36.1. The van der Waals surface area contributed by atoms with Gasteiger partial charge in [-0.3, -0.25) is 4.79 Å². The highest BCUT2D eigenvalue weighted by Crippen LogP contribution is 2.31. The van der Waals surface area contributed by atoms with Gasteiger partial charge in [0.1, 0.15) is 58.4 Å². The van der Waals surface area contributed by atoms with Crippen LogP contribution in [0.5, 0.6) is 5.75 Å². The standard InChI is InChI=1S/C25H17N2O3.C24BF20/c26-16-18-10-12-21(13-11-18)30-25(29)24-22-9-5-4-6-19(22)14-15-27(24)17-23(28)20-7-2-1-3-8-20;26-5-1(6(27)14(35)21(42)13(5)34)25(2-7(28)15(36)22(43)16(37)8(2)29,3-9(30)17(38)23(44)18(39)10(3)31)4-11(32)19(40)24(45)20(41)12(4)33/h1-15H,17H2;/q+1;-1. The SMILES string of the molecule is Fc1c(F)c(F)c([B-](c2c(F)c(F)c(F)c(F)c2F)(c2c(F)c(F)c(F)c(F)c2F)c2c(F)c(F)c(F)c(F)c2F)c(F)c1F.N#Cc1ccc(OC(=O)c2c3ccccc3cc[n+]2CC(=O)c2ccccc2)cc1. The van der Waals surface area contributed by atoms with Gasteiger partial charge in [0.05, 0.1) is 17.0 Å². The molecule has 1 aromatic heterocycles. The molecular weight excluding hydrogens is 1060 g/mol. The molecule has 0 N–H and O–H groups in total. The van der Waals surface area contributed by atoms with Gasteiger partial charge in [0, 0.05) is 11.6 Å². The number of aromatic nitrogens is 1. The molecule has 0 saturated carbocycles. The van der Waals surface area contributed by atoms with Crippen LogP contribution in [0.4, 0.5) is 87.8 Å². The van der Waals surface area contributed by atoms with Crippen LogP contribution in [-0.4, -0.2) is 17.9 Å². The lowest BCUT2D eigenvalue weighted by Gasteiger charge is -2.44. The predicted molar refractivity (Wildman–Crippen MR) is 220 cm³/mol. The summed E-state index contributed by atoms with van der Waals surface area (Å²) in [4.78, 5) is 25.9. The highest BCUT2D eigenvalue weighted by Gasteiger charge is 2.52. The molecule has 0 spiro atoms. The molecule has 0 amide bonds. The lowest BCUT2D eigenvalue weighted by molar-refractivity contribution is -0.684. The summed E-state index contributed by atoms with van der Waals surface area (Å²) >= 11 is 0. The molecule has 26 heteroatoms. The van der Waals surface area contributed by atoms with Crippen molar-refractivity contribution in [2.24, 2.45) is 0 Å². The Kier molecular flexibility index (Phi) is 14.9. The van der Waals surface area contributed by atoms with Gasteiger partial charge >= 0.3 is 5.97 Å². The number of ketones is 1. The van der Waals surface area contributed by atoms with Crippen LogP contribution in [0.2, 0.25) is 0 Å². The van der Waals surface area contributed by atoms with E-state index >= 15 is 35.1 Å². The fourth-order valence-electron chi connectivity index (χ4n) is 8.11. The first-order valence-electron chi connectivity index (χ1n) is 20.3. The molecule has 8 rings (SSSR count). The van der Waals surface area contributed by atoms with E-state index in [1.807, 2.05) is 42.5 Å². The highest BCUT2D eigenvalue weighted by molar-refractivity contribution is 7.20. The zero-order chi connectivity index (χ0) is 55.3. The molecule has 1 heterocycles. The number of carbonyl (C=O) groups excluding carboxylic acids is 2. The molecule has 0 fully saturated rings. The summed E-state index contributed by atoms with van der Waals surface area (Å²) < 4.78 is 301. The molecule has 8 aromatic rings. The van der Waals surface area contributed by atoms with Gasteiger partial charge in [-0.2, -0.15) is 9.83 Å². The van der Waals surface area contributed by atoms with Gasteiger partial charge in [-0.1, -0.05) is 48.5 Å². The Balaban J connectivity index is 0.000000236. The van der Waals surface area contributed by atoms with E-state index in [-0.39, 0.29) is 12.3 Å². The number of hydrogen-bond donors (Lipinski definition) is 0. The van der Waals surface area contributed by atoms with E-state index < -0.39 is 150 Å². The number of fused-ring (bicyclic) bond motifs is 1. The maximum atomic E-state index is 15.4. The molecule has 0 unspecified atom stereocenters. The van der Waals surface area contributed by atoms with Crippen molar-refractivity contribution in [2.45, 2.75) is 6.54 Å². The average Bonchev–Trinajstić information content (AvgIpc) is 3.41. The van der Waals surface area contributed by atoms with Gasteiger partial charge in [0.2, 0.25) is 12.3 Å². The summed E-state index contributed by atoms with van der Waals surface area (Å²) in [6, 6.07) is 26.6. The van der Waals surface area contributed by atoms with Crippen molar-refractivity contribution in [3.8, 4) is 11.8 Å². The quantitative estimate of drug-likeness (QED) is 0.0211. The van der Waals surface area contributed by atoms with Crippen LogP contribution in [0.25, 0.3) is 10.8 Å². The van der Waals surface area contributed by atoms with Crippen LogP contribution in [-0.2, 0) is 6.54 Å². The van der Waals surface area contributed by atoms with Crippen LogP contribution < -0.4 is 31.2 Å². The van der Waals surface area contributed by atoms with E-state index in [4.69, 9.17) is 10.00 Å². The molecule has 0 saturated heterocycles. The summed E-state index contributed by atoms with van der Waals surface area (Å²) in [5, 5.41) is 10.5. The number of esters is 1. The lowest BCUT2D eigenvalue weighted by Crippen LogP contribution is -2.81. The Morgan fingerprint density at radius 1 is 0.427 bits per heavy atom. The van der Waals surface area contributed by atoms with Crippen molar-refractivity contribution >= 4 is 50.5 Å². The highest BCUT2D eigenvalue weighted by atomic mass is 19.2. The van der Waals surface area contributed by atoms with Crippen LogP contribution >= 0.6 is 0 Å². The number of Topliss-reactive ketones (excluding diaryl/α,β-unsaturated/α-hetero) is 1. The summed E-state index contributed by atoms with van der Waals surface area (Å²) in [5.41, 5.74) is -13.0. The summed E-state index contributed by atoms with van der Waals surface area (Å²) in [6.07, 6.45) is -5.50. The van der Waals surface area contributed by atoms with Gasteiger partial charge in [0.25, 0.3) is 5.69 Å². The molecule has 0 aliphatic carbocycles. The maximum Gasteiger partial charge on any atom is 0.409 e.